The first kappa shape index (κ1) is 14.2. The SMILES string of the molecule is CS(=O)(=O)N1CCN(S(=O)(=O)CCCl)CC1. The third-order valence-corrected chi connectivity index (χ3v) is 5.98. The summed E-state index contributed by atoms with van der Waals surface area (Å²) in [6.45, 7) is 0.819. The Morgan fingerprint density at radius 2 is 1.44 bits per heavy atom. The second kappa shape index (κ2) is 5.18. The lowest BCUT2D eigenvalue weighted by atomic mass is 10.4. The zero-order valence-electron chi connectivity index (χ0n) is 8.96. The van der Waals surface area contributed by atoms with Crippen molar-refractivity contribution in [3.05, 3.63) is 0 Å². The first-order chi connectivity index (χ1) is 7.27. The van der Waals surface area contributed by atoms with E-state index >= 15 is 0 Å². The van der Waals surface area contributed by atoms with Crippen molar-refractivity contribution in [1.82, 2.24) is 8.61 Å². The highest BCUT2D eigenvalue weighted by atomic mass is 35.5. The van der Waals surface area contributed by atoms with Crippen LogP contribution in [0.15, 0.2) is 0 Å². The zero-order chi connectivity index (χ0) is 12.4. The van der Waals surface area contributed by atoms with E-state index in [-0.39, 0.29) is 37.8 Å². The molecule has 0 unspecified atom stereocenters. The van der Waals surface area contributed by atoms with Crippen LogP contribution in [0.2, 0.25) is 0 Å². The third-order valence-electron chi connectivity index (χ3n) is 2.40. The molecule has 16 heavy (non-hydrogen) atoms. The smallest absolute Gasteiger partial charge is 0.213 e. The molecule has 0 saturated carbocycles. The maximum atomic E-state index is 11.6. The lowest BCUT2D eigenvalue weighted by Gasteiger charge is -2.32. The van der Waals surface area contributed by atoms with Crippen LogP contribution in [-0.4, -0.2) is 69.5 Å². The highest BCUT2D eigenvalue weighted by molar-refractivity contribution is 7.89. The van der Waals surface area contributed by atoms with Gasteiger partial charge in [-0.15, -0.1) is 11.6 Å². The molecule has 0 N–H and O–H groups in total. The van der Waals surface area contributed by atoms with Crippen LogP contribution in [0.1, 0.15) is 0 Å². The fourth-order valence-corrected chi connectivity index (χ4v) is 4.09. The maximum Gasteiger partial charge on any atom is 0.215 e. The van der Waals surface area contributed by atoms with Crippen molar-refractivity contribution < 1.29 is 16.8 Å². The summed E-state index contributed by atoms with van der Waals surface area (Å²) in [7, 11) is -6.54. The summed E-state index contributed by atoms with van der Waals surface area (Å²) in [5.41, 5.74) is 0. The Hall–Kier alpha value is 0.110. The van der Waals surface area contributed by atoms with Crippen molar-refractivity contribution in [2.75, 3.05) is 44.1 Å². The van der Waals surface area contributed by atoms with Gasteiger partial charge in [0.1, 0.15) is 0 Å². The van der Waals surface area contributed by atoms with Gasteiger partial charge in [-0.3, -0.25) is 0 Å². The van der Waals surface area contributed by atoms with E-state index in [0.717, 1.165) is 6.26 Å². The highest BCUT2D eigenvalue weighted by Gasteiger charge is 2.29. The molecular weight excluding hydrogens is 276 g/mol. The van der Waals surface area contributed by atoms with Crippen molar-refractivity contribution in [2.45, 2.75) is 0 Å². The Morgan fingerprint density at radius 1 is 1.00 bits per heavy atom. The minimum absolute atomic E-state index is 0.0502. The number of alkyl halides is 1. The van der Waals surface area contributed by atoms with E-state index < -0.39 is 20.0 Å². The van der Waals surface area contributed by atoms with Gasteiger partial charge in [-0.1, -0.05) is 0 Å². The molecule has 0 aromatic heterocycles. The van der Waals surface area contributed by atoms with E-state index in [0.29, 0.717) is 0 Å². The number of hydrogen-bond donors (Lipinski definition) is 0. The quantitative estimate of drug-likeness (QED) is 0.631. The number of sulfonamides is 2. The second-order valence-corrected chi connectivity index (χ2v) is 8.01. The molecule has 6 nitrogen and oxygen atoms in total. The monoisotopic (exact) mass is 290 g/mol. The van der Waals surface area contributed by atoms with E-state index in [1.165, 1.54) is 8.61 Å². The van der Waals surface area contributed by atoms with E-state index in [4.69, 9.17) is 11.6 Å². The molecule has 1 aliphatic heterocycles. The Balaban J connectivity index is 2.63. The van der Waals surface area contributed by atoms with Crippen LogP contribution in [0.25, 0.3) is 0 Å². The predicted molar refractivity (Wildman–Crippen MR) is 62.5 cm³/mol. The van der Waals surface area contributed by atoms with Crippen LogP contribution >= 0.6 is 11.6 Å². The molecule has 0 atom stereocenters. The van der Waals surface area contributed by atoms with Gasteiger partial charge in [0.25, 0.3) is 0 Å². The van der Waals surface area contributed by atoms with Crippen LogP contribution in [0.5, 0.6) is 0 Å². The van der Waals surface area contributed by atoms with Crippen molar-refractivity contribution in [3.8, 4) is 0 Å². The number of rotatable bonds is 4. The Kier molecular flexibility index (Phi) is 4.58. The van der Waals surface area contributed by atoms with Crippen molar-refractivity contribution in [1.29, 1.82) is 0 Å². The Labute approximate surface area is 101 Å². The average Bonchev–Trinajstić information content (AvgIpc) is 2.16. The van der Waals surface area contributed by atoms with Crippen LogP contribution in [-0.2, 0) is 20.0 Å². The second-order valence-electron chi connectivity index (χ2n) is 3.57. The van der Waals surface area contributed by atoms with Crippen molar-refractivity contribution >= 4 is 31.6 Å². The highest BCUT2D eigenvalue weighted by Crippen LogP contribution is 2.10. The van der Waals surface area contributed by atoms with Crippen LogP contribution in [0.4, 0.5) is 0 Å². The average molecular weight is 291 g/mol. The number of halogens is 1. The van der Waals surface area contributed by atoms with E-state index in [9.17, 15) is 16.8 Å². The Bertz CT molecular complexity index is 425. The van der Waals surface area contributed by atoms with Gasteiger partial charge in [0, 0.05) is 32.1 Å². The van der Waals surface area contributed by atoms with Crippen LogP contribution in [0.3, 0.4) is 0 Å². The van der Waals surface area contributed by atoms with Gasteiger partial charge in [0.2, 0.25) is 20.0 Å². The third kappa shape index (κ3) is 3.56. The van der Waals surface area contributed by atoms with Gasteiger partial charge in [-0.05, 0) is 0 Å². The fraction of sp³-hybridized carbons (Fsp3) is 1.00. The van der Waals surface area contributed by atoms with Crippen LogP contribution in [0, 0.1) is 0 Å². The van der Waals surface area contributed by atoms with Gasteiger partial charge in [-0.2, -0.15) is 8.61 Å². The van der Waals surface area contributed by atoms with E-state index in [2.05, 4.69) is 0 Å². The largest absolute Gasteiger partial charge is 0.215 e. The van der Waals surface area contributed by atoms with Gasteiger partial charge in [0.15, 0.2) is 0 Å². The maximum absolute atomic E-state index is 11.6. The first-order valence-electron chi connectivity index (χ1n) is 4.76. The molecule has 1 heterocycles. The molecule has 1 rings (SSSR count). The summed E-state index contributed by atoms with van der Waals surface area (Å²) in [6, 6.07) is 0. The van der Waals surface area contributed by atoms with Gasteiger partial charge in [0.05, 0.1) is 12.0 Å². The topological polar surface area (TPSA) is 74.8 Å². The van der Waals surface area contributed by atoms with Crippen molar-refractivity contribution in [2.24, 2.45) is 0 Å². The van der Waals surface area contributed by atoms with Crippen LogP contribution < -0.4 is 0 Å². The molecule has 9 heteroatoms. The van der Waals surface area contributed by atoms with Gasteiger partial charge >= 0.3 is 0 Å². The predicted octanol–water partition coefficient (Wildman–Crippen LogP) is -0.868. The number of hydrogen-bond acceptors (Lipinski definition) is 4. The van der Waals surface area contributed by atoms with E-state index in [1.54, 1.807) is 0 Å². The molecule has 0 aromatic carbocycles. The summed E-state index contributed by atoms with van der Waals surface area (Å²) in [5, 5.41) is 0. The molecule has 0 amide bonds. The standard InChI is InChI=1S/C7H15ClN2O4S2/c1-15(11,12)9-3-5-10(6-4-9)16(13,14)7-2-8/h2-7H2,1H3. The molecule has 0 bridgehead atoms. The van der Waals surface area contributed by atoms with Gasteiger partial charge in [-0.25, -0.2) is 16.8 Å². The summed E-state index contributed by atoms with van der Waals surface area (Å²) in [6.07, 6.45) is 1.12. The minimum Gasteiger partial charge on any atom is -0.213 e. The first-order valence-corrected chi connectivity index (χ1v) is 8.75. The lowest BCUT2D eigenvalue weighted by molar-refractivity contribution is 0.274. The summed E-state index contributed by atoms with van der Waals surface area (Å²) < 4.78 is 48.2. The zero-order valence-corrected chi connectivity index (χ0v) is 11.4. The summed E-state index contributed by atoms with van der Waals surface area (Å²) >= 11 is 5.39. The summed E-state index contributed by atoms with van der Waals surface area (Å²) in [5.74, 6) is -0.0535. The number of nitrogens with zero attached hydrogens (tertiary/aromatic N) is 2. The lowest BCUT2D eigenvalue weighted by Crippen LogP contribution is -2.50. The molecule has 0 aliphatic carbocycles. The molecule has 0 aromatic rings. The van der Waals surface area contributed by atoms with Gasteiger partial charge < -0.3 is 0 Å². The molecular formula is C7H15ClN2O4S2. The molecule has 1 saturated heterocycles. The molecule has 1 aliphatic rings. The molecule has 0 radical (unpaired) electrons. The summed E-state index contributed by atoms with van der Waals surface area (Å²) in [4.78, 5) is 0. The molecule has 1 fully saturated rings. The van der Waals surface area contributed by atoms with Crippen molar-refractivity contribution in [3.63, 3.8) is 0 Å². The fourth-order valence-electron chi connectivity index (χ4n) is 1.51. The number of piperazine rings is 1. The molecule has 96 valence electrons. The molecule has 0 spiro atoms. The minimum atomic E-state index is -3.32. The normalized spacial score (nSPS) is 21.1. The Morgan fingerprint density at radius 3 is 1.81 bits per heavy atom. The van der Waals surface area contributed by atoms with E-state index in [1.807, 2.05) is 0 Å².